The number of fused-ring (bicyclic) bond motifs is 1. The van der Waals surface area contributed by atoms with Crippen LogP contribution in [-0.4, -0.2) is 20.8 Å². The first-order valence-corrected chi connectivity index (χ1v) is 8.86. The molecule has 122 valence electrons. The van der Waals surface area contributed by atoms with E-state index in [2.05, 4.69) is 11.9 Å². The fourth-order valence-electron chi connectivity index (χ4n) is 5.96. The molecule has 4 aliphatic carbocycles. The molecule has 1 aromatic heterocycles. The van der Waals surface area contributed by atoms with E-state index in [4.69, 9.17) is 4.42 Å². The van der Waals surface area contributed by atoms with Gasteiger partial charge in [0.25, 0.3) is 0 Å². The fraction of sp³-hybridized carbons (Fsp3) is 0.632. The number of hydrogen-bond donors (Lipinski definition) is 2. The standard InChI is InChI=1S/C19H23NO3/c1-10(18-20-16-9-15(21)2-3-17(16)23-18)19(22)13-5-11-4-12(7-13)8-14(19)6-11/h2-3,9-14,21-22H,4-8H2,1H3. The van der Waals surface area contributed by atoms with Gasteiger partial charge in [-0.15, -0.1) is 0 Å². The molecule has 0 aliphatic heterocycles. The van der Waals surface area contributed by atoms with E-state index in [1.54, 1.807) is 18.2 Å². The number of aromatic nitrogens is 1. The number of aromatic hydroxyl groups is 1. The lowest BCUT2D eigenvalue weighted by molar-refractivity contribution is -0.186. The van der Waals surface area contributed by atoms with Gasteiger partial charge >= 0.3 is 0 Å². The Labute approximate surface area is 135 Å². The van der Waals surface area contributed by atoms with E-state index in [1.165, 1.54) is 6.42 Å². The van der Waals surface area contributed by atoms with Crippen molar-refractivity contribution in [2.45, 2.75) is 50.5 Å². The summed E-state index contributed by atoms with van der Waals surface area (Å²) in [5.74, 6) is 3.12. The van der Waals surface area contributed by atoms with Gasteiger partial charge in [-0.2, -0.15) is 0 Å². The number of oxazole rings is 1. The highest BCUT2D eigenvalue weighted by Crippen LogP contribution is 2.61. The summed E-state index contributed by atoms with van der Waals surface area (Å²) in [5.41, 5.74) is 0.660. The molecular formula is C19H23NO3. The Morgan fingerprint density at radius 1 is 1.13 bits per heavy atom. The van der Waals surface area contributed by atoms with E-state index in [9.17, 15) is 10.2 Å². The van der Waals surface area contributed by atoms with Crippen LogP contribution in [0, 0.1) is 23.7 Å². The molecular weight excluding hydrogens is 290 g/mol. The maximum Gasteiger partial charge on any atom is 0.201 e. The van der Waals surface area contributed by atoms with E-state index in [-0.39, 0.29) is 11.7 Å². The van der Waals surface area contributed by atoms with Gasteiger partial charge < -0.3 is 14.6 Å². The van der Waals surface area contributed by atoms with Crippen molar-refractivity contribution < 1.29 is 14.6 Å². The third-order valence-corrected chi connectivity index (χ3v) is 6.90. The summed E-state index contributed by atoms with van der Waals surface area (Å²) in [6, 6.07) is 4.98. The quantitative estimate of drug-likeness (QED) is 0.884. The molecule has 4 heteroatoms. The van der Waals surface area contributed by atoms with Gasteiger partial charge in [0.1, 0.15) is 11.3 Å². The molecule has 4 nitrogen and oxygen atoms in total. The van der Waals surface area contributed by atoms with Crippen molar-refractivity contribution in [2.24, 2.45) is 23.7 Å². The Hall–Kier alpha value is -1.55. The second kappa shape index (κ2) is 4.50. The first-order chi connectivity index (χ1) is 11.0. The maximum atomic E-state index is 11.6. The molecule has 0 radical (unpaired) electrons. The molecule has 1 aromatic carbocycles. The second-order valence-electron chi connectivity index (χ2n) is 8.12. The van der Waals surface area contributed by atoms with Crippen LogP contribution in [0.5, 0.6) is 5.75 Å². The summed E-state index contributed by atoms with van der Waals surface area (Å²) in [7, 11) is 0. The molecule has 1 unspecified atom stereocenters. The lowest BCUT2D eigenvalue weighted by atomic mass is 9.47. The summed E-state index contributed by atoms with van der Waals surface area (Å²) < 4.78 is 5.92. The number of hydrogen-bond acceptors (Lipinski definition) is 4. The Morgan fingerprint density at radius 2 is 1.78 bits per heavy atom. The molecule has 0 amide bonds. The average molecular weight is 313 g/mol. The van der Waals surface area contributed by atoms with E-state index < -0.39 is 5.60 Å². The fourth-order valence-corrected chi connectivity index (χ4v) is 5.96. The molecule has 4 fully saturated rings. The van der Waals surface area contributed by atoms with Crippen LogP contribution in [0.3, 0.4) is 0 Å². The summed E-state index contributed by atoms with van der Waals surface area (Å²) in [6.45, 7) is 2.06. The van der Waals surface area contributed by atoms with Gasteiger partial charge in [0.05, 0.1) is 11.5 Å². The van der Waals surface area contributed by atoms with Crippen molar-refractivity contribution >= 4 is 11.1 Å². The first kappa shape index (κ1) is 13.8. The minimum Gasteiger partial charge on any atom is -0.508 e. The molecule has 4 saturated carbocycles. The van der Waals surface area contributed by atoms with Crippen LogP contribution in [0.15, 0.2) is 22.6 Å². The van der Waals surface area contributed by atoms with Crippen LogP contribution in [-0.2, 0) is 0 Å². The first-order valence-electron chi connectivity index (χ1n) is 8.86. The van der Waals surface area contributed by atoms with Gasteiger partial charge in [-0.05, 0) is 67.9 Å². The number of phenolic OH excluding ortho intramolecular Hbond substituents is 1. The predicted octanol–water partition coefficient (Wildman–Crippen LogP) is 3.82. The van der Waals surface area contributed by atoms with Crippen LogP contribution in [0.2, 0.25) is 0 Å². The second-order valence-corrected chi connectivity index (χ2v) is 8.12. The lowest BCUT2D eigenvalue weighted by Crippen LogP contribution is -2.60. The number of benzene rings is 1. The topological polar surface area (TPSA) is 66.5 Å². The molecule has 0 saturated heterocycles. The van der Waals surface area contributed by atoms with Crippen molar-refractivity contribution in [1.29, 1.82) is 0 Å². The van der Waals surface area contributed by atoms with Gasteiger partial charge in [-0.1, -0.05) is 6.92 Å². The maximum absolute atomic E-state index is 11.6. The highest BCUT2D eigenvalue weighted by molar-refractivity contribution is 5.74. The van der Waals surface area contributed by atoms with Crippen molar-refractivity contribution in [2.75, 3.05) is 0 Å². The van der Waals surface area contributed by atoms with E-state index in [0.29, 0.717) is 28.8 Å². The molecule has 23 heavy (non-hydrogen) atoms. The van der Waals surface area contributed by atoms with Crippen LogP contribution < -0.4 is 0 Å². The van der Waals surface area contributed by atoms with Crippen LogP contribution in [0.4, 0.5) is 0 Å². The minimum absolute atomic E-state index is 0.105. The number of phenols is 1. The lowest BCUT2D eigenvalue weighted by Gasteiger charge is -2.60. The molecule has 6 rings (SSSR count). The predicted molar refractivity (Wildman–Crippen MR) is 86.1 cm³/mol. The highest BCUT2D eigenvalue weighted by atomic mass is 16.4. The molecule has 1 atom stereocenters. The van der Waals surface area contributed by atoms with Gasteiger partial charge in [-0.25, -0.2) is 4.98 Å². The third-order valence-electron chi connectivity index (χ3n) is 6.90. The van der Waals surface area contributed by atoms with Gasteiger partial charge in [0, 0.05) is 6.07 Å². The van der Waals surface area contributed by atoms with Crippen molar-refractivity contribution in [1.82, 2.24) is 4.98 Å². The van der Waals surface area contributed by atoms with Crippen LogP contribution >= 0.6 is 0 Å². The van der Waals surface area contributed by atoms with Crippen LogP contribution in [0.1, 0.15) is 50.8 Å². The smallest absolute Gasteiger partial charge is 0.201 e. The van der Waals surface area contributed by atoms with E-state index in [1.807, 2.05) is 0 Å². The third kappa shape index (κ3) is 1.84. The summed E-state index contributed by atoms with van der Waals surface area (Å²) in [5, 5.41) is 21.3. The summed E-state index contributed by atoms with van der Waals surface area (Å²) in [4.78, 5) is 4.56. The zero-order chi connectivity index (χ0) is 15.8. The molecule has 2 aromatic rings. The molecule has 1 heterocycles. The highest BCUT2D eigenvalue weighted by Gasteiger charge is 2.59. The molecule has 4 aliphatic rings. The SMILES string of the molecule is CC(c1nc2cc(O)ccc2o1)C1(O)C2CC3CC(C2)CC1C3. The number of nitrogens with zero attached hydrogens (tertiary/aromatic N) is 1. The monoisotopic (exact) mass is 313 g/mol. The summed E-state index contributed by atoms with van der Waals surface area (Å²) in [6.07, 6.45) is 6.02. The molecule has 2 N–H and O–H groups in total. The zero-order valence-electron chi connectivity index (χ0n) is 13.4. The Bertz CT molecular complexity index is 737. The summed E-state index contributed by atoms with van der Waals surface area (Å²) >= 11 is 0. The van der Waals surface area contributed by atoms with Crippen molar-refractivity contribution in [3.8, 4) is 5.75 Å². The van der Waals surface area contributed by atoms with Crippen molar-refractivity contribution in [3.05, 3.63) is 24.1 Å². The Morgan fingerprint density at radius 3 is 2.43 bits per heavy atom. The van der Waals surface area contributed by atoms with E-state index >= 15 is 0 Å². The zero-order valence-corrected chi connectivity index (χ0v) is 13.4. The Kier molecular flexibility index (Phi) is 2.71. The van der Waals surface area contributed by atoms with Crippen molar-refractivity contribution in [3.63, 3.8) is 0 Å². The van der Waals surface area contributed by atoms with Crippen LogP contribution in [0.25, 0.3) is 11.1 Å². The van der Waals surface area contributed by atoms with Gasteiger partial charge in [0.15, 0.2) is 5.58 Å². The van der Waals surface area contributed by atoms with Gasteiger partial charge in [0.2, 0.25) is 5.89 Å². The van der Waals surface area contributed by atoms with E-state index in [0.717, 1.165) is 37.5 Å². The normalized spacial score (nSPS) is 39.9. The minimum atomic E-state index is -0.684. The largest absolute Gasteiger partial charge is 0.508 e. The molecule has 0 spiro atoms. The number of aliphatic hydroxyl groups is 1. The van der Waals surface area contributed by atoms with Gasteiger partial charge in [-0.3, -0.25) is 0 Å². The Balaban J connectivity index is 1.54. The number of rotatable bonds is 2. The molecule has 4 bridgehead atoms. The average Bonchev–Trinajstić information content (AvgIpc) is 2.93.